The van der Waals surface area contributed by atoms with Crippen molar-refractivity contribution in [2.24, 2.45) is 0 Å². The summed E-state index contributed by atoms with van der Waals surface area (Å²) in [7, 11) is 1.56. The van der Waals surface area contributed by atoms with Gasteiger partial charge in [-0.3, -0.25) is 0 Å². The highest BCUT2D eigenvalue weighted by molar-refractivity contribution is 6.30. The van der Waals surface area contributed by atoms with Crippen molar-refractivity contribution in [3.8, 4) is 0 Å². The van der Waals surface area contributed by atoms with E-state index in [9.17, 15) is 9.18 Å². The fourth-order valence-corrected chi connectivity index (χ4v) is 3.40. The zero-order valence-electron chi connectivity index (χ0n) is 16.6. The summed E-state index contributed by atoms with van der Waals surface area (Å²) in [5.41, 5.74) is 3.84. The maximum absolute atomic E-state index is 13.9. The predicted molar refractivity (Wildman–Crippen MR) is 114 cm³/mol. The van der Waals surface area contributed by atoms with E-state index in [1.807, 2.05) is 26.0 Å². The van der Waals surface area contributed by atoms with Gasteiger partial charge in [-0.2, -0.15) is 0 Å². The number of ether oxygens (including phenoxy) is 1. The van der Waals surface area contributed by atoms with Gasteiger partial charge in [0, 0.05) is 24.6 Å². The quantitative estimate of drug-likeness (QED) is 0.554. The summed E-state index contributed by atoms with van der Waals surface area (Å²) in [6, 6.07) is 11.6. The molecule has 0 fully saturated rings. The molecule has 0 bridgehead atoms. The molecule has 29 heavy (non-hydrogen) atoms. The first kappa shape index (κ1) is 21.0. The van der Waals surface area contributed by atoms with Crippen LogP contribution >= 0.6 is 11.6 Å². The second-order valence-electron chi connectivity index (χ2n) is 6.92. The Balaban J connectivity index is 1.89. The number of fused-ring (bicyclic) bond motifs is 1. The molecule has 152 valence electrons. The van der Waals surface area contributed by atoms with Gasteiger partial charge in [-0.15, -0.1) is 0 Å². The number of methoxy groups -OCH3 is 1. The first-order valence-electron chi connectivity index (χ1n) is 9.25. The lowest BCUT2D eigenvalue weighted by Gasteiger charge is -2.23. The summed E-state index contributed by atoms with van der Waals surface area (Å²) in [5, 5.41) is 3.91. The molecule has 0 aliphatic heterocycles. The lowest BCUT2D eigenvalue weighted by molar-refractivity contribution is 0.152. The van der Waals surface area contributed by atoms with Gasteiger partial charge in [-0.05, 0) is 43.7 Å². The first-order chi connectivity index (χ1) is 13.9. The number of carbonyl (C=O) groups excluding carboxylic acids is 1. The summed E-state index contributed by atoms with van der Waals surface area (Å²) in [5.74, 6) is -0.496. The Hall–Kier alpha value is -2.70. The van der Waals surface area contributed by atoms with Crippen LogP contribution in [0.4, 0.5) is 14.9 Å². The minimum absolute atomic E-state index is 0.119. The Morgan fingerprint density at radius 2 is 2.00 bits per heavy atom. The number of nitrogens with one attached hydrogen (secondary N) is 1. The van der Waals surface area contributed by atoms with Crippen LogP contribution in [0.1, 0.15) is 16.7 Å². The van der Waals surface area contributed by atoms with Crippen molar-refractivity contribution in [1.82, 2.24) is 9.88 Å². The highest BCUT2D eigenvalue weighted by Crippen LogP contribution is 2.25. The number of anilines is 1. The standard InChI is InChI=1S/C22H23ClFN3O2/c1-14-10-15(2)20-16(11-14)12-17(21(23)26-20)13-27(8-9-29-3)22(28)25-19-7-5-4-6-18(19)24/h4-7,10-12H,8-9,13H2,1-3H3,(H,25,28). The van der Waals surface area contributed by atoms with Gasteiger partial charge in [0.1, 0.15) is 11.0 Å². The summed E-state index contributed by atoms with van der Waals surface area (Å²) in [6.07, 6.45) is 0. The van der Waals surface area contributed by atoms with E-state index in [1.54, 1.807) is 19.2 Å². The van der Waals surface area contributed by atoms with E-state index in [0.29, 0.717) is 23.9 Å². The monoisotopic (exact) mass is 415 g/mol. The number of aryl methyl sites for hydroxylation is 2. The maximum Gasteiger partial charge on any atom is 0.322 e. The number of halogens is 2. The number of rotatable bonds is 6. The van der Waals surface area contributed by atoms with Gasteiger partial charge in [-0.25, -0.2) is 14.2 Å². The molecule has 5 nitrogen and oxygen atoms in total. The van der Waals surface area contributed by atoms with Crippen LogP contribution in [0.15, 0.2) is 42.5 Å². The van der Waals surface area contributed by atoms with Gasteiger partial charge in [0.15, 0.2) is 0 Å². The van der Waals surface area contributed by atoms with E-state index >= 15 is 0 Å². The number of hydrogen-bond donors (Lipinski definition) is 1. The van der Waals surface area contributed by atoms with Gasteiger partial charge in [0.2, 0.25) is 0 Å². The number of amides is 2. The molecule has 0 spiro atoms. The number of nitrogens with zero attached hydrogens (tertiary/aromatic N) is 2. The van der Waals surface area contributed by atoms with E-state index in [4.69, 9.17) is 16.3 Å². The van der Waals surface area contributed by atoms with E-state index in [1.165, 1.54) is 17.0 Å². The average Bonchev–Trinajstić information content (AvgIpc) is 2.67. The van der Waals surface area contributed by atoms with Crippen LogP contribution in [0.3, 0.4) is 0 Å². The molecule has 0 aliphatic carbocycles. The molecule has 2 amide bonds. The van der Waals surface area contributed by atoms with E-state index < -0.39 is 11.8 Å². The largest absolute Gasteiger partial charge is 0.383 e. The van der Waals surface area contributed by atoms with Crippen molar-refractivity contribution < 1.29 is 13.9 Å². The number of pyridine rings is 1. The lowest BCUT2D eigenvalue weighted by Crippen LogP contribution is -2.37. The Morgan fingerprint density at radius 1 is 1.24 bits per heavy atom. The van der Waals surface area contributed by atoms with Crippen molar-refractivity contribution in [2.75, 3.05) is 25.6 Å². The SMILES string of the molecule is COCCN(Cc1cc2cc(C)cc(C)c2nc1Cl)C(=O)Nc1ccccc1F. The molecular weight excluding hydrogens is 393 g/mol. The van der Waals surface area contributed by atoms with Crippen molar-refractivity contribution >= 4 is 34.2 Å². The predicted octanol–water partition coefficient (Wildman–Crippen LogP) is 5.32. The lowest BCUT2D eigenvalue weighted by atomic mass is 10.1. The van der Waals surface area contributed by atoms with Crippen molar-refractivity contribution in [2.45, 2.75) is 20.4 Å². The van der Waals surface area contributed by atoms with Crippen molar-refractivity contribution in [3.63, 3.8) is 0 Å². The number of para-hydroxylation sites is 1. The molecule has 1 heterocycles. The van der Waals surface area contributed by atoms with Gasteiger partial charge >= 0.3 is 6.03 Å². The number of aromatic nitrogens is 1. The molecule has 1 N–H and O–H groups in total. The fourth-order valence-electron chi connectivity index (χ4n) is 3.20. The van der Waals surface area contributed by atoms with Crippen molar-refractivity contribution in [1.29, 1.82) is 0 Å². The first-order valence-corrected chi connectivity index (χ1v) is 9.62. The normalized spacial score (nSPS) is 10.9. The molecular formula is C22H23ClFN3O2. The van der Waals surface area contributed by atoms with Gasteiger partial charge in [-0.1, -0.05) is 35.4 Å². The summed E-state index contributed by atoms with van der Waals surface area (Å²) in [4.78, 5) is 18.8. The molecule has 3 aromatic rings. The van der Waals surface area contributed by atoms with Crippen LogP contribution in [0, 0.1) is 19.7 Å². The van der Waals surface area contributed by atoms with Crippen LogP contribution in [0.25, 0.3) is 10.9 Å². The van der Waals surface area contributed by atoms with Crippen molar-refractivity contribution in [3.05, 3.63) is 70.1 Å². The van der Waals surface area contributed by atoms with Crippen LogP contribution in [-0.2, 0) is 11.3 Å². The summed E-state index contributed by atoms with van der Waals surface area (Å²) in [6.45, 7) is 4.89. The number of urea groups is 1. The molecule has 2 aromatic carbocycles. The summed E-state index contributed by atoms with van der Waals surface area (Å²) >= 11 is 6.42. The molecule has 0 saturated heterocycles. The minimum atomic E-state index is -0.496. The topological polar surface area (TPSA) is 54.5 Å². The minimum Gasteiger partial charge on any atom is -0.383 e. The van der Waals surface area contributed by atoms with E-state index in [0.717, 1.165) is 22.0 Å². The smallest absolute Gasteiger partial charge is 0.322 e. The number of hydrogen-bond acceptors (Lipinski definition) is 3. The van der Waals surface area contributed by atoms with Crippen LogP contribution in [-0.4, -0.2) is 36.2 Å². The van der Waals surface area contributed by atoms with Gasteiger partial charge in [0.05, 0.1) is 24.4 Å². The Labute approximate surface area is 174 Å². The molecule has 3 rings (SSSR count). The maximum atomic E-state index is 13.9. The van der Waals surface area contributed by atoms with Gasteiger partial charge < -0.3 is 15.0 Å². The molecule has 0 unspecified atom stereocenters. The molecule has 7 heteroatoms. The number of benzene rings is 2. The van der Waals surface area contributed by atoms with Crippen LogP contribution in [0.5, 0.6) is 0 Å². The molecule has 1 aromatic heterocycles. The third kappa shape index (κ3) is 5.02. The third-order valence-electron chi connectivity index (χ3n) is 4.61. The zero-order chi connectivity index (χ0) is 21.0. The van der Waals surface area contributed by atoms with E-state index in [-0.39, 0.29) is 12.2 Å². The van der Waals surface area contributed by atoms with Crippen LogP contribution < -0.4 is 5.32 Å². The highest BCUT2D eigenvalue weighted by atomic mass is 35.5. The molecule has 0 radical (unpaired) electrons. The molecule has 0 aliphatic rings. The second kappa shape index (κ2) is 9.20. The second-order valence-corrected chi connectivity index (χ2v) is 7.27. The Morgan fingerprint density at radius 3 is 2.72 bits per heavy atom. The average molecular weight is 416 g/mol. The zero-order valence-corrected chi connectivity index (χ0v) is 17.4. The van der Waals surface area contributed by atoms with E-state index in [2.05, 4.69) is 16.4 Å². The Bertz CT molecular complexity index is 1040. The number of carbonyl (C=O) groups is 1. The summed E-state index contributed by atoms with van der Waals surface area (Å²) < 4.78 is 19.0. The molecule has 0 atom stereocenters. The third-order valence-corrected chi connectivity index (χ3v) is 4.94. The highest BCUT2D eigenvalue weighted by Gasteiger charge is 2.18. The molecule has 0 saturated carbocycles. The Kier molecular flexibility index (Phi) is 6.67. The van der Waals surface area contributed by atoms with Crippen LogP contribution in [0.2, 0.25) is 5.15 Å². The fraction of sp³-hybridized carbons (Fsp3) is 0.273. The van der Waals surface area contributed by atoms with Gasteiger partial charge in [0.25, 0.3) is 0 Å².